The molecule has 0 spiro atoms. The van der Waals surface area contributed by atoms with Crippen LogP contribution in [0.1, 0.15) is 56.2 Å². The Kier molecular flexibility index (Phi) is 4.22. The predicted octanol–water partition coefficient (Wildman–Crippen LogP) is 4.41. The van der Waals surface area contributed by atoms with E-state index in [0.29, 0.717) is 6.04 Å². The first-order valence-electron chi connectivity index (χ1n) is 9.77. The fourth-order valence-corrected chi connectivity index (χ4v) is 5.29. The number of primary amides is 1. The number of piperidine rings is 1. The normalized spacial score (nSPS) is 24.2. The molecule has 5 rings (SSSR count). The van der Waals surface area contributed by atoms with Gasteiger partial charge in [-0.15, -0.1) is 0 Å². The summed E-state index contributed by atoms with van der Waals surface area (Å²) in [6.45, 7) is 4.39. The van der Waals surface area contributed by atoms with Crippen LogP contribution in [-0.4, -0.2) is 22.0 Å². The van der Waals surface area contributed by atoms with Crippen LogP contribution in [0.15, 0.2) is 36.5 Å². The van der Waals surface area contributed by atoms with Gasteiger partial charge >= 0.3 is 6.03 Å². The molecule has 2 atom stereocenters. The second-order valence-corrected chi connectivity index (χ2v) is 7.54. The molecule has 2 unspecified atom stereocenters. The first kappa shape index (κ1) is 17.1. The van der Waals surface area contributed by atoms with Crippen molar-refractivity contribution in [2.45, 2.75) is 64.0 Å². The Hall–Kier alpha value is -2.36. The van der Waals surface area contributed by atoms with Crippen LogP contribution in [0.4, 0.5) is 4.79 Å². The minimum absolute atomic E-state index is 0.212. The molecular formula is C22H27N3O. The molecule has 3 aliphatic rings. The average molecular weight is 349 g/mol. The zero-order chi connectivity index (χ0) is 18.3. The lowest BCUT2D eigenvalue weighted by Gasteiger charge is -2.62. The number of rotatable bonds is 4. The predicted molar refractivity (Wildman–Crippen MR) is 104 cm³/mol. The van der Waals surface area contributed by atoms with Crippen molar-refractivity contribution >= 4 is 6.03 Å². The fourth-order valence-electron chi connectivity index (χ4n) is 5.29. The maximum atomic E-state index is 12.2. The third-order valence-corrected chi connectivity index (χ3v) is 6.32. The Morgan fingerprint density at radius 2 is 2.12 bits per heavy atom. The molecule has 2 bridgehead atoms. The van der Waals surface area contributed by atoms with Crippen molar-refractivity contribution in [1.29, 1.82) is 0 Å². The van der Waals surface area contributed by atoms with Crippen LogP contribution in [0.2, 0.25) is 0 Å². The number of amides is 2. The van der Waals surface area contributed by atoms with E-state index in [1.807, 2.05) is 23.2 Å². The van der Waals surface area contributed by atoms with Crippen molar-refractivity contribution in [3.8, 4) is 11.3 Å². The van der Waals surface area contributed by atoms with Gasteiger partial charge in [-0.1, -0.05) is 32.0 Å². The fraction of sp³-hybridized carbons (Fsp3) is 0.455. The second kappa shape index (κ2) is 6.42. The third kappa shape index (κ3) is 2.35. The molecule has 1 aromatic heterocycles. The second-order valence-electron chi connectivity index (χ2n) is 7.54. The van der Waals surface area contributed by atoms with E-state index in [0.717, 1.165) is 44.2 Å². The molecule has 2 saturated heterocycles. The standard InChI is InChI=1S/C22H27N3O/c1-3-15-10-11-18(17(4-2)20(15)19-9-5-6-13-24-19)22-12-7-8-16(14-22)25(22)21(23)26/h5-6,9-11,13,16H,3-4,7-8,12,14H2,1-2H3,(H2,23,26). The maximum absolute atomic E-state index is 12.2. The van der Waals surface area contributed by atoms with E-state index in [-0.39, 0.29) is 11.6 Å². The molecule has 136 valence electrons. The van der Waals surface area contributed by atoms with E-state index in [2.05, 4.69) is 37.0 Å². The van der Waals surface area contributed by atoms with E-state index in [4.69, 9.17) is 5.73 Å². The van der Waals surface area contributed by atoms with E-state index in [1.165, 1.54) is 22.3 Å². The molecule has 4 nitrogen and oxygen atoms in total. The smallest absolute Gasteiger partial charge is 0.315 e. The van der Waals surface area contributed by atoms with Gasteiger partial charge in [0.2, 0.25) is 0 Å². The Morgan fingerprint density at radius 3 is 2.73 bits per heavy atom. The lowest BCUT2D eigenvalue weighted by molar-refractivity contribution is -0.0771. The zero-order valence-corrected chi connectivity index (χ0v) is 15.7. The Labute approximate surface area is 155 Å². The number of carbonyl (C=O) groups excluding carboxylic acids is 1. The summed E-state index contributed by atoms with van der Waals surface area (Å²) in [5.74, 6) is 0. The largest absolute Gasteiger partial charge is 0.351 e. The molecule has 1 aliphatic carbocycles. The summed E-state index contributed by atoms with van der Waals surface area (Å²) in [5, 5.41) is 0. The lowest BCUT2D eigenvalue weighted by Crippen LogP contribution is -2.69. The molecule has 3 fully saturated rings. The number of hydrogen-bond donors (Lipinski definition) is 1. The van der Waals surface area contributed by atoms with Crippen LogP contribution >= 0.6 is 0 Å². The number of nitrogens with zero attached hydrogens (tertiary/aromatic N) is 2. The van der Waals surface area contributed by atoms with Gasteiger partial charge in [0, 0.05) is 17.8 Å². The summed E-state index contributed by atoms with van der Waals surface area (Å²) in [6.07, 6.45) is 8.03. The van der Waals surface area contributed by atoms with Gasteiger partial charge in [0.05, 0.1) is 11.2 Å². The molecule has 4 heteroatoms. The summed E-state index contributed by atoms with van der Waals surface area (Å²) in [5.41, 5.74) is 11.8. The Morgan fingerprint density at radius 1 is 1.27 bits per heavy atom. The van der Waals surface area contributed by atoms with Gasteiger partial charge in [0.15, 0.2) is 0 Å². The van der Waals surface area contributed by atoms with E-state index in [1.54, 1.807) is 0 Å². The average Bonchev–Trinajstić information content (AvgIpc) is 2.67. The van der Waals surface area contributed by atoms with Crippen LogP contribution in [0.25, 0.3) is 11.3 Å². The quantitative estimate of drug-likeness (QED) is 0.889. The van der Waals surface area contributed by atoms with Gasteiger partial charge in [0.25, 0.3) is 0 Å². The van der Waals surface area contributed by atoms with Crippen LogP contribution in [0.5, 0.6) is 0 Å². The number of carbonyl (C=O) groups is 1. The number of fused-ring (bicyclic) bond motifs is 2. The maximum Gasteiger partial charge on any atom is 0.315 e. The highest BCUT2D eigenvalue weighted by molar-refractivity contribution is 5.77. The van der Waals surface area contributed by atoms with Crippen LogP contribution < -0.4 is 5.73 Å². The monoisotopic (exact) mass is 349 g/mol. The van der Waals surface area contributed by atoms with E-state index < -0.39 is 0 Å². The third-order valence-electron chi connectivity index (χ3n) is 6.32. The Balaban J connectivity index is 1.92. The van der Waals surface area contributed by atoms with Crippen molar-refractivity contribution in [3.63, 3.8) is 0 Å². The Bertz CT molecular complexity index is 829. The van der Waals surface area contributed by atoms with Crippen molar-refractivity contribution in [2.75, 3.05) is 0 Å². The van der Waals surface area contributed by atoms with Gasteiger partial charge in [-0.3, -0.25) is 4.98 Å². The minimum Gasteiger partial charge on any atom is -0.351 e. The number of nitrogens with two attached hydrogens (primary N) is 1. The highest BCUT2D eigenvalue weighted by Gasteiger charge is 2.57. The van der Waals surface area contributed by atoms with Gasteiger partial charge in [0.1, 0.15) is 0 Å². The topological polar surface area (TPSA) is 59.2 Å². The van der Waals surface area contributed by atoms with E-state index >= 15 is 0 Å². The summed E-state index contributed by atoms with van der Waals surface area (Å²) < 4.78 is 0. The van der Waals surface area contributed by atoms with Crippen molar-refractivity contribution < 1.29 is 4.79 Å². The summed E-state index contributed by atoms with van der Waals surface area (Å²) >= 11 is 0. The number of urea groups is 1. The number of aromatic nitrogens is 1. The summed E-state index contributed by atoms with van der Waals surface area (Å²) in [6, 6.07) is 10.6. The molecule has 2 aliphatic heterocycles. The lowest BCUT2D eigenvalue weighted by atomic mass is 9.63. The molecule has 3 heterocycles. The molecule has 2 aromatic rings. The summed E-state index contributed by atoms with van der Waals surface area (Å²) in [7, 11) is 0. The minimum atomic E-state index is -0.276. The molecule has 2 N–H and O–H groups in total. The SMILES string of the molecule is CCc1ccc(C23CCCC(C2)N3C(N)=O)c(CC)c1-c1ccccn1. The highest BCUT2D eigenvalue weighted by atomic mass is 16.2. The van der Waals surface area contributed by atoms with Crippen LogP contribution in [0, 0.1) is 0 Å². The molecule has 1 aromatic carbocycles. The number of benzene rings is 1. The highest BCUT2D eigenvalue weighted by Crippen LogP contribution is 2.55. The number of pyridine rings is 1. The van der Waals surface area contributed by atoms with Crippen molar-refractivity contribution in [2.24, 2.45) is 5.73 Å². The molecule has 1 saturated carbocycles. The van der Waals surface area contributed by atoms with Crippen molar-refractivity contribution in [3.05, 3.63) is 53.2 Å². The van der Waals surface area contributed by atoms with Crippen molar-refractivity contribution in [1.82, 2.24) is 9.88 Å². The van der Waals surface area contributed by atoms with Gasteiger partial charge < -0.3 is 10.6 Å². The zero-order valence-electron chi connectivity index (χ0n) is 15.7. The number of aryl methyl sites for hydroxylation is 1. The van der Waals surface area contributed by atoms with E-state index in [9.17, 15) is 4.79 Å². The first-order chi connectivity index (χ1) is 12.6. The molecule has 2 amide bonds. The first-order valence-corrected chi connectivity index (χ1v) is 9.77. The van der Waals surface area contributed by atoms with Gasteiger partial charge in [-0.05, 0) is 67.3 Å². The molecule has 26 heavy (non-hydrogen) atoms. The van der Waals surface area contributed by atoms with Crippen LogP contribution in [-0.2, 0) is 18.4 Å². The van der Waals surface area contributed by atoms with Gasteiger partial charge in [-0.2, -0.15) is 0 Å². The summed E-state index contributed by atoms with van der Waals surface area (Å²) in [4.78, 5) is 18.8. The molecular weight excluding hydrogens is 322 g/mol. The molecule has 0 radical (unpaired) electrons. The number of hydrogen-bond acceptors (Lipinski definition) is 2. The van der Waals surface area contributed by atoms with Crippen LogP contribution in [0.3, 0.4) is 0 Å². The van der Waals surface area contributed by atoms with Gasteiger partial charge in [-0.25, -0.2) is 4.79 Å².